The van der Waals surface area contributed by atoms with Crippen molar-refractivity contribution < 1.29 is 31.9 Å². The summed E-state index contributed by atoms with van der Waals surface area (Å²) in [6, 6.07) is -1.29. The number of rotatable bonds is 7. The summed E-state index contributed by atoms with van der Waals surface area (Å²) in [4.78, 5) is 24.3. The number of nitrogens with zero attached hydrogens (tertiary/aromatic N) is 5. The van der Waals surface area contributed by atoms with E-state index in [2.05, 4.69) is 14.6 Å². The summed E-state index contributed by atoms with van der Waals surface area (Å²) in [7, 11) is -4.76. The van der Waals surface area contributed by atoms with Crippen LogP contribution in [0.2, 0.25) is 0 Å². The first-order valence-electron chi connectivity index (χ1n) is 7.60. The fourth-order valence-electron chi connectivity index (χ4n) is 3.09. The van der Waals surface area contributed by atoms with Crippen LogP contribution in [0.3, 0.4) is 0 Å². The van der Waals surface area contributed by atoms with E-state index in [0.29, 0.717) is 36.7 Å². The lowest BCUT2D eigenvalue weighted by Gasteiger charge is -2.30. The molecule has 2 fully saturated rings. The van der Waals surface area contributed by atoms with Crippen molar-refractivity contribution in [2.75, 3.05) is 6.54 Å². The number of carbonyl (C=O) groups is 2. The molecule has 2 aliphatic heterocycles. The highest BCUT2D eigenvalue weighted by atomic mass is 32.3. The number of hydroxylamine groups is 2. The van der Waals surface area contributed by atoms with Crippen LogP contribution in [0.1, 0.15) is 25.0 Å². The Morgan fingerprint density at radius 1 is 1.40 bits per heavy atom. The number of fused-ring (bicyclic) bond motifs is 2. The van der Waals surface area contributed by atoms with E-state index in [1.165, 1.54) is 9.58 Å². The molecule has 0 aliphatic carbocycles. The number of hydrogen-bond acceptors (Lipinski definition) is 7. The summed E-state index contributed by atoms with van der Waals surface area (Å²) >= 11 is 0. The molecule has 2 aliphatic rings. The molecular formula is C12H17N5O7S. The normalized spacial score (nSPS) is 23.3. The third kappa shape index (κ3) is 4.05. The average molecular weight is 375 g/mol. The van der Waals surface area contributed by atoms with Gasteiger partial charge in [-0.2, -0.15) is 13.5 Å². The minimum atomic E-state index is -4.76. The summed E-state index contributed by atoms with van der Waals surface area (Å²) in [5.74, 6) is -0.922. The number of piperidine rings is 1. The average Bonchev–Trinajstić information content (AvgIpc) is 3.05. The minimum absolute atomic E-state index is 0.0453. The van der Waals surface area contributed by atoms with E-state index in [1.54, 1.807) is 6.20 Å². The highest BCUT2D eigenvalue weighted by Gasteiger charge is 2.47. The van der Waals surface area contributed by atoms with E-state index >= 15 is 0 Å². The van der Waals surface area contributed by atoms with Crippen molar-refractivity contribution in [2.24, 2.45) is 0 Å². The van der Waals surface area contributed by atoms with Crippen LogP contribution < -0.4 is 0 Å². The third-order valence-corrected chi connectivity index (χ3v) is 4.55. The Kier molecular flexibility index (Phi) is 4.62. The number of carboxylic acid groups (broad SMARTS) is 1. The van der Waals surface area contributed by atoms with Gasteiger partial charge in [-0.25, -0.2) is 4.79 Å². The molecule has 1 aromatic rings. The highest BCUT2D eigenvalue weighted by molar-refractivity contribution is 7.80. The minimum Gasteiger partial charge on any atom is -0.481 e. The van der Waals surface area contributed by atoms with Gasteiger partial charge in [-0.3, -0.25) is 14.0 Å². The topological polar surface area (TPSA) is 155 Å². The Morgan fingerprint density at radius 2 is 2.16 bits per heavy atom. The van der Waals surface area contributed by atoms with Crippen LogP contribution in [0.15, 0.2) is 6.20 Å². The van der Waals surface area contributed by atoms with Gasteiger partial charge in [-0.15, -0.1) is 9.38 Å². The molecule has 138 valence electrons. The summed E-state index contributed by atoms with van der Waals surface area (Å²) in [5, 5.41) is 17.2. The number of carboxylic acids is 1. The molecule has 3 rings (SSSR count). The third-order valence-electron chi connectivity index (χ3n) is 4.20. The molecule has 0 saturated carbocycles. The molecule has 0 radical (unpaired) electrons. The fourth-order valence-corrected chi connectivity index (χ4v) is 3.48. The molecule has 0 unspecified atom stereocenters. The van der Waals surface area contributed by atoms with Gasteiger partial charge >= 0.3 is 22.4 Å². The maximum absolute atomic E-state index is 12.3. The van der Waals surface area contributed by atoms with Gasteiger partial charge in [0.05, 0.1) is 30.7 Å². The van der Waals surface area contributed by atoms with Gasteiger partial charge in [0.2, 0.25) is 0 Å². The molecule has 1 aromatic heterocycles. The smallest absolute Gasteiger partial charge is 0.418 e. The second-order valence-electron chi connectivity index (χ2n) is 5.97. The van der Waals surface area contributed by atoms with E-state index in [1.807, 2.05) is 0 Å². The number of urea groups is 1. The zero-order valence-corrected chi connectivity index (χ0v) is 13.9. The monoisotopic (exact) mass is 375 g/mol. The zero-order chi connectivity index (χ0) is 18.2. The lowest BCUT2D eigenvalue weighted by molar-refractivity contribution is -0.136. The van der Waals surface area contributed by atoms with Gasteiger partial charge in [0, 0.05) is 19.2 Å². The summed E-state index contributed by atoms with van der Waals surface area (Å²) < 4.78 is 36.4. The first kappa shape index (κ1) is 17.6. The van der Waals surface area contributed by atoms with Crippen molar-refractivity contribution in [3.05, 3.63) is 11.9 Å². The van der Waals surface area contributed by atoms with Crippen molar-refractivity contribution >= 4 is 22.4 Å². The first-order valence-corrected chi connectivity index (χ1v) is 8.97. The Balaban J connectivity index is 1.63. The molecule has 3 heterocycles. The SMILES string of the molecule is O=C(O)CCc1cn(C[C@@H]2CC[C@@H]3CN2C(=O)N3OS(=O)(=O)O)nn1. The quantitative estimate of drug-likeness (QED) is 0.588. The van der Waals surface area contributed by atoms with E-state index in [0.717, 1.165) is 0 Å². The number of aryl methyl sites for hydroxylation is 1. The second kappa shape index (κ2) is 6.57. The van der Waals surface area contributed by atoms with Gasteiger partial charge < -0.3 is 10.0 Å². The van der Waals surface area contributed by atoms with Crippen molar-refractivity contribution in [2.45, 2.75) is 44.3 Å². The van der Waals surface area contributed by atoms with E-state index in [4.69, 9.17) is 9.66 Å². The predicted octanol–water partition coefficient (Wildman–Crippen LogP) is -0.702. The molecule has 13 heteroatoms. The van der Waals surface area contributed by atoms with Gasteiger partial charge in [-0.05, 0) is 12.8 Å². The fraction of sp³-hybridized carbons (Fsp3) is 0.667. The number of hydrogen-bond donors (Lipinski definition) is 2. The Hall–Kier alpha value is -2.25. The van der Waals surface area contributed by atoms with Gasteiger partial charge in [0.1, 0.15) is 0 Å². The Bertz CT molecular complexity index is 779. The molecule has 2 amide bonds. The molecule has 2 N–H and O–H groups in total. The lowest BCUT2D eigenvalue weighted by atomic mass is 10.0. The molecule has 12 nitrogen and oxygen atoms in total. The van der Waals surface area contributed by atoms with Crippen molar-refractivity contribution in [1.29, 1.82) is 0 Å². The van der Waals surface area contributed by atoms with E-state index in [9.17, 15) is 18.0 Å². The highest BCUT2D eigenvalue weighted by Crippen LogP contribution is 2.31. The molecule has 2 saturated heterocycles. The Labute approximate surface area is 142 Å². The maximum atomic E-state index is 12.3. The van der Waals surface area contributed by atoms with Crippen LogP contribution in [0.25, 0.3) is 0 Å². The van der Waals surface area contributed by atoms with Crippen molar-refractivity contribution in [3.63, 3.8) is 0 Å². The number of amides is 2. The van der Waals surface area contributed by atoms with Crippen LogP contribution in [-0.2, 0) is 32.4 Å². The van der Waals surface area contributed by atoms with Crippen LogP contribution in [0.4, 0.5) is 4.79 Å². The predicted molar refractivity (Wildman–Crippen MR) is 79.4 cm³/mol. The van der Waals surface area contributed by atoms with Crippen LogP contribution in [0, 0.1) is 0 Å². The van der Waals surface area contributed by atoms with E-state index in [-0.39, 0.29) is 18.9 Å². The molecular weight excluding hydrogens is 358 g/mol. The second-order valence-corrected chi connectivity index (χ2v) is 6.98. The van der Waals surface area contributed by atoms with Gasteiger partial charge in [0.15, 0.2) is 0 Å². The number of aliphatic carboxylic acids is 1. The van der Waals surface area contributed by atoms with Gasteiger partial charge in [-0.1, -0.05) is 5.21 Å². The summed E-state index contributed by atoms with van der Waals surface area (Å²) in [6.07, 6.45) is 2.97. The van der Waals surface area contributed by atoms with Crippen LogP contribution in [0.5, 0.6) is 0 Å². The zero-order valence-electron chi connectivity index (χ0n) is 13.1. The van der Waals surface area contributed by atoms with Gasteiger partial charge in [0.25, 0.3) is 0 Å². The summed E-state index contributed by atoms with van der Waals surface area (Å²) in [6.45, 7) is 0.637. The standard InChI is InChI=1S/C12H17N5O7S/c18-11(19)4-1-8-5-15(14-13-8)6-9-2-3-10-7-16(9)12(20)17(10)24-25(21,22)23/h5,9-10H,1-4,6-7H2,(H,18,19)(H,21,22,23)/t9-,10+/m0/s1. The van der Waals surface area contributed by atoms with Crippen LogP contribution >= 0.6 is 0 Å². The van der Waals surface area contributed by atoms with Crippen LogP contribution in [-0.4, -0.2) is 73.7 Å². The molecule has 25 heavy (non-hydrogen) atoms. The molecule has 2 bridgehead atoms. The Morgan fingerprint density at radius 3 is 2.84 bits per heavy atom. The molecule has 2 atom stereocenters. The van der Waals surface area contributed by atoms with E-state index < -0.39 is 28.4 Å². The first-order chi connectivity index (χ1) is 11.7. The number of carbonyl (C=O) groups excluding carboxylic acids is 1. The lowest BCUT2D eigenvalue weighted by Crippen LogP contribution is -2.42. The van der Waals surface area contributed by atoms with Crippen molar-refractivity contribution in [1.82, 2.24) is 25.0 Å². The molecule has 0 spiro atoms. The maximum Gasteiger partial charge on any atom is 0.418 e. The summed E-state index contributed by atoms with van der Waals surface area (Å²) in [5.41, 5.74) is 0.542. The largest absolute Gasteiger partial charge is 0.481 e. The number of aromatic nitrogens is 3. The van der Waals surface area contributed by atoms with Crippen molar-refractivity contribution in [3.8, 4) is 0 Å². The molecule has 0 aromatic carbocycles.